The van der Waals surface area contributed by atoms with Crippen LogP contribution in [-0.2, 0) is 0 Å². The lowest BCUT2D eigenvalue weighted by molar-refractivity contribution is 0.441. The van der Waals surface area contributed by atoms with E-state index < -0.39 is 5.82 Å². The van der Waals surface area contributed by atoms with Crippen molar-refractivity contribution in [3.8, 4) is 11.5 Å². The van der Waals surface area contributed by atoms with Crippen molar-refractivity contribution in [2.45, 2.75) is 13.0 Å². The zero-order valence-corrected chi connectivity index (χ0v) is 11.4. The van der Waals surface area contributed by atoms with E-state index in [0.29, 0.717) is 5.75 Å². The summed E-state index contributed by atoms with van der Waals surface area (Å²) in [4.78, 5) is 0. The highest BCUT2D eigenvalue weighted by Gasteiger charge is 2.08. The first-order valence-electron chi connectivity index (χ1n) is 5.54. The normalized spacial score (nSPS) is 12.2. The highest BCUT2D eigenvalue weighted by atomic mass is 79.9. The average molecular weight is 310 g/mol. The van der Waals surface area contributed by atoms with Crippen LogP contribution < -0.4 is 10.5 Å². The molecule has 4 heteroatoms. The number of hydrogen-bond acceptors (Lipinski definition) is 2. The van der Waals surface area contributed by atoms with Crippen molar-refractivity contribution in [1.29, 1.82) is 0 Å². The first-order chi connectivity index (χ1) is 8.56. The summed E-state index contributed by atoms with van der Waals surface area (Å²) in [5.74, 6) is 0.360. The fraction of sp³-hybridized carbons (Fsp3) is 0.143. The van der Waals surface area contributed by atoms with Crippen LogP contribution in [0.1, 0.15) is 18.5 Å². The Bertz CT molecular complexity index is 557. The van der Waals surface area contributed by atoms with E-state index in [0.717, 1.165) is 10.0 Å². The summed E-state index contributed by atoms with van der Waals surface area (Å²) in [7, 11) is 0. The zero-order valence-electron chi connectivity index (χ0n) is 9.86. The SMILES string of the molecule is C[C@H](N)c1ccc(Oc2cccc(Br)c2)c(F)c1. The summed E-state index contributed by atoms with van der Waals surface area (Å²) < 4.78 is 20.2. The fourth-order valence-electron chi connectivity index (χ4n) is 1.54. The number of halogens is 2. The molecule has 0 amide bonds. The molecule has 0 aliphatic rings. The van der Waals surface area contributed by atoms with Crippen molar-refractivity contribution in [2.75, 3.05) is 0 Å². The Morgan fingerprint density at radius 3 is 2.61 bits per heavy atom. The molecule has 2 aromatic carbocycles. The summed E-state index contributed by atoms with van der Waals surface area (Å²) in [6.07, 6.45) is 0. The highest BCUT2D eigenvalue weighted by molar-refractivity contribution is 9.10. The molecule has 2 N–H and O–H groups in total. The van der Waals surface area contributed by atoms with Crippen LogP contribution in [0.25, 0.3) is 0 Å². The van der Waals surface area contributed by atoms with Crippen LogP contribution in [0.3, 0.4) is 0 Å². The van der Waals surface area contributed by atoms with Crippen LogP contribution in [-0.4, -0.2) is 0 Å². The lowest BCUT2D eigenvalue weighted by Crippen LogP contribution is -2.05. The van der Waals surface area contributed by atoms with Crippen molar-refractivity contribution >= 4 is 15.9 Å². The van der Waals surface area contributed by atoms with Crippen molar-refractivity contribution in [3.63, 3.8) is 0 Å². The van der Waals surface area contributed by atoms with Crippen molar-refractivity contribution in [2.24, 2.45) is 5.73 Å². The highest BCUT2D eigenvalue weighted by Crippen LogP contribution is 2.28. The Morgan fingerprint density at radius 1 is 1.22 bits per heavy atom. The molecule has 18 heavy (non-hydrogen) atoms. The average Bonchev–Trinajstić information content (AvgIpc) is 2.31. The molecule has 0 saturated heterocycles. The molecule has 0 saturated carbocycles. The minimum Gasteiger partial charge on any atom is -0.454 e. The second kappa shape index (κ2) is 5.50. The minimum atomic E-state index is -0.412. The van der Waals surface area contributed by atoms with Gasteiger partial charge in [-0.3, -0.25) is 0 Å². The molecule has 0 radical (unpaired) electrons. The van der Waals surface area contributed by atoms with Crippen LogP contribution >= 0.6 is 15.9 Å². The van der Waals surface area contributed by atoms with Gasteiger partial charge in [0.05, 0.1) is 0 Å². The van der Waals surface area contributed by atoms with Crippen LogP contribution in [0.2, 0.25) is 0 Å². The molecule has 2 aromatic rings. The molecule has 1 atom stereocenters. The molecule has 0 heterocycles. The van der Waals surface area contributed by atoms with Gasteiger partial charge < -0.3 is 10.5 Å². The number of benzene rings is 2. The van der Waals surface area contributed by atoms with E-state index in [4.69, 9.17) is 10.5 Å². The van der Waals surface area contributed by atoms with E-state index in [1.165, 1.54) is 6.07 Å². The lowest BCUT2D eigenvalue weighted by atomic mass is 10.1. The van der Waals surface area contributed by atoms with E-state index in [-0.39, 0.29) is 11.8 Å². The molecule has 0 fully saturated rings. The Morgan fingerprint density at radius 2 is 2.00 bits per heavy atom. The van der Waals surface area contributed by atoms with Gasteiger partial charge in [0.1, 0.15) is 5.75 Å². The third kappa shape index (κ3) is 3.09. The van der Waals surface area contributed by atoms with E-state index in [1.807, 2.05) is 19.1 Å². The molecule has 0 bridgehead atoms. The first kappa shape index (κ1) is 13.1. The predicted octanol–water partition coefficient (Wildman–Crippen LogP) is 4.40. The number of rotatable bonds is 3. The quantitative estimate of drug-likeness (QED) is 0.912. The van der Waals surface area contributed by atoms with Gasteiger partial charge in [-0.05, 0) is 42.8 Å². The molecule has 0 spiro atoms. The Labute approximate surface area is 114 Å². The molecule has 0 aliphatic carbocycles. The van der Waals surface area contributed by atoms with Gasteiger partial charge in [0.15, 0.2) is 11.6 Å². The summed E-state index contributed by atoms with van der Waals surface area (Å²) >= 11 is 3.33. The summed E-state index contributed by atoms with van der Waals surface area (Å²) in [6.45, 7) is 1.81. The molecule has 94 valence electrons. The van der Waals surface area contributed by atoms with Crippen molar-refractivity contribution in [3.05, 3.63) is 58.3 Å². The van der Waals surface area contributed by atoms with Crippen molar-refractivity contribution < 1.29 is 9.13 Å². The molecule has 2 rings (SSSR count). The fourth-order valence-corrected chi connectivity index (χ4v) is 1.92. The summed E-state index contributed by atoms with van der Waals surface area (Å²) in [5.41, 5.74) is 6.44. The molecule has 2 nitrogen and oxygen atoms in total. The van der Waals surface area contributed by atoms with Gasteiger partial charge in [0, 0.05) is 10.5 Å². The van der Waals surface area contributed by atoms with Gasteiger partial charge >= 0.3 is 0 Å². The van der Waals surface area contributed by atoms with Crippen LogP contribution in [0.5, 0.6) is 11.5 Å². The van der Waals surface area contributed by atoms with Gasteiger partial charge in [-0.2, -0.15) is 0 Å². The standard InChI is InChI=1S/C14H13BrFNO/c1-9(17)10-5-6-14(13(16)7-10)18-12-4-2-3-11(15)8-12/h2-9H,17H2,1H3/t9-/m0/s1. The maximum atomic E-state index is 13.8. The topological polar surface area (TPSA) is 35.2 Å². The van der Waals surface area contributed by atoms with Crippen LogP contribution in [0, 0.1) is 5.82 Å². The van der Waals surface area contributed by atoms with E-state index in [2.05, 4.69) is 15.9 Å². The Hall–Kier alpha value is -1.39. The van der Waals surface area contributed by atoms with Gasteiger partial charge in [-0.1, -0.05) is 28.1 Å². The smallest absolute Gasteiger partial charge is 0.166 e. The Balaban J connectivity index is 2.24. The first-order valence-corrected chi connectivity index (χ1v) is 6.34. The zero-order chi connectivity index (χ0) is 13.1. The predicted molar refractivity (Wildman–Crippen MR) is 73.2 cm³/mol. The van der Waals surface area contributed by atoms with Gasteiger partial charge in [0.2, 0.25) is 0 Å². The number of hydrogen-bond donors (Lipinski definition) is 1. The van der Waals surface area contributed by atoms with Gasteiger partial charge in [-0.15, -0.1) is 0 Å². The molecular weight excluding hydrogens is 297 g/mol. The lowest BCUT2D eigenvalue weighted by Gasteiger charge is -2.10. The molecule has 0 aliphatic heterocycles. The molecule has 0 aromatic heterocycles. The second-order valence-corrected chi connectivity index (χ2v) is 4.95. The third-order valence-electron chi connectivity index (χ3n) is 2.51. The largest absolute Gasteiger partial charge is 0.454 e. The maximum absolute atomic E-state index is 13.8. The van der Waals surface area contributed by atoms with E-state index in [1.54, 1.807) is 24.3 Å². The monoisotopic (exact) mass is 309 g/mol. The van der Waals surface area contributed by atoms with E-state index in [9.17, 15) is 4.39 Å². The van der Waals surface area contributed by atoms with Crippen molar-refractivity contribution in [1.82, 2.24) is 0 Å². The van der Waals surface area contributed by atoms with Crippen LogP contribution in [0.15, 0.2) is 46.9 Å². The number of nitrogens with two attached hydrogens (primary N) is 1. The second-order valence-electron chi connectivity index (χ2n) is 4.04. The van der Waals surface area contributed by atoms with Gasteiger partial charge in [0.25, 0.3) is 0 Å². The third-order valence-corrected chi connectivity index (χ3v) is 3.00. The molecular formula is C14H13BrFNO. The number of ether oxygens (including phenoxy) is 1. The van der Waals surface area contributed by atoms with Gasteiger partial charge in [-0.25, -0.2) is 4.39 Å². The Kier molecular flexibility index (Phi) is 3.99. The van der Waals surface area contributed by atoms with Crippen LogP contribution in [0.4, 0.5) is 4.39 Å². The summed E-state index contributed by atoms with van der Waals surface area (Å²) in [6, 6.07) is 11.8. The summed E-state index contributed by atoms with van der Waals surface area (Å²) in [5, 5.41) is 0. The van der Waals surface area contributed by atoms with E-state index >= 15 is 0 Å². The molecule has 0 unspecified atom stereocenters. The maximum Gasteiger partial charge on any atom is 0.166 e. The minimum absolute atomic E-state index is 0.192.